The van der Waals surface area contributed by atoms with E-state index < -0.39 is 0 Å². The number of amides is 2. The molecule has 8 nitrogen and oxygen atoms in total. The van der Waals surface area contributed by atoms with Gasteiger partial charge in [0.25, 0.3) is 0 Å². The van der Waals surface area contributed by atoms with E-state index in [-0.39, 0.29) is 11.8 Å². The maximum Gasteiger partial charge on any atom is 0.225 e. The zero-order valence-corrected chi connectivity index (χ0v) is 16.0. The molecule has 0 saturated heterocycles. The Hall–Kier alpha value is -1.94. The van der Waals surface area contributed by atoms with Crippen LogP contribution in [-0.4, -0.2) is 32.2 Å². The molecule has 0 aliphatic rings. The number of nitrogens with zero attached hydrogens (tertiary/aromatic N) is 4. The van der Waals surface area contributed by atoms with Crippen molar-refractivity contribution in [2.45, 2.75) is 58.8 Å². The van der Waals surface area contributed by atoms with Crippen LogP contribution in [0.1, 0.15) is 56.0 Å². The molecule has 2 aromatic rings. The van der Waals surface area contributed by atoms with E-state index in [1.165, 1.54) is 22.7 Å². The van der Waals surface area contributed by atoms with Crippen molar-refractivity contribution >= 4 is 44.8 Å². The Balaban J connectivity index is 1.63. The normalized spacial score (nSPS) is 10.6. The van der Waals surface area contributed by atoms with Crippen LogP contribution in [0.5, 0.6) is 0 Å². The fourth-order valence-corrected chi connectivity index (χ4v) is 3.55. The van der Waals surface area contributed by atoms with Gasteiger partial charge in [0, 0.05) is 25.7 Å². The highest BCUT2D eigenvalue weighted by atomic mass is 32.1. The number of anilines is 2. The maximum atomic E-state index is 11.3. The largest absolute Gasteiger partial charge is 0.301 e. The molecule has 10 heteroatoms. The SMILES string of the molecule is CCC(=O)Nc1nnc(CCCCCc2nnc(NC(=O)CC)s2)s1. The predicted molar refractivity (Wildman–Crippen MR) is 98.9 cm³/mol. The predicted octanol–water partition coefficient (Wildman–Crippen LogP) is 3.04. The summed E-state index contributed by atoms with van der Waals surface area (Å²) in [6, 6.07) is 0. The van der Waals surface area contributed by atoms with Gasteiger partial charge in [-0.15, -0.1) is 20.4 Å². The summed E-state index contributed by atoms with van der Waals surface area (Å²) < 4.78 is 0. The zero-order valence-electron chi connectivity index (χ0n) is 14.4. The van der Waals surface area contributed by atoms with E-state index in [9.17, 15) is 9.59 Å². The average molecular weight is 383 g/mol. The summed E-state index contributed by atoms with van der Waals surface area (Å²) in [7, 11) is 0. The van der Waals surface area contributed by atoms with E-state index in [2.05, 4.69) is 31.0 Å². The molecule has 0 spiro atoms. The second kappa shape index (κ2) is 10.1. The Morgan fingerprint density at radius 1 is 0.760 bits per heavy atom. The van der Waals surface area contributed by atoms with Crippen LogP contribution in [0.2, 0.25) is 0 Å². The molecular formula is C15H22N6O2S2. The highest BCUT2D eigenvalue weighted by Crippen LogP contribution is 2.20. The summed E-state index contributed by atoms with van der Waals surface area (Å²) in [5.41, 5.74) is 0. The second-order valence-electron chi connectivity index (χ2n) is 5.37. The van der Waals surface area contributed by atoms with Crippen LogP contribution in [0.25, 0.3) is 0 Å². The molecule has 0 aliphatic carbocycles. The number of hydrogen-bond acceptors (Lipinski definition) is 8. The van der Waals surface area contributed by atoms with Crippen LogP contribution in [0.15, 0.2) is 0 Å². The van der Waals surface area contributed by atoms with Gasteiger partial charge in [0.05, 0.1) is 0 Å². The fraction of sp³-hybridized carbons (Fsp3) is 0.600. The van der Waals surface area contributed by atoms with E-state index in [0.29, 0.717) is 23.1 Å². The molecule has 2 rings (SSSR count). The minimum Gasteiger partial charge on any atom is -0.301 e. The van der Waals surface area contributed by atoms with Crippen molar-refractivity contribution in [2.24, 2.45) is 0 Å². The van der Waals surface area contributed by atoms with Crippen molar-refractivity contribution in [1.82, 2.24) is 20.4 Å². The molecule has 25 heavy (non-hydrogen) atoms. The number of aromatic nitrogens is 4. The lowest BCUT2D eigenvalue weighted by atomic mass is 10.1. The van der Waals surface area contributed by atoms with Crippen molar-refractivity contribution in [3.8, 4) is 0 Å². The third-order valence-corrected chi connectivity index (χ3v) is 5.15. The molecule has 0 atom stereocenters. The van der Waals surface area contributed by atoms with Crippen molar-refractivity contribution in [1.29, 1.82) is 0 Å². The molecule has 0 radical (unpaired) electrons. The Morgan fingerprint density at radius 2 is 1.20 bits per heavy atom. The molecule has 0 aromatic carbocycles. The van der Waals surface area contributed by atoms with Gasteiger partial charge < -0.3 is 10.6 Å². The number of hydrogen-bond donors (Lipinski definition) is 2. The van der Waals surface area contributed by atoms with E-state index in [0.717, 1.165) is 42.1 Å². The number of aryl methyl sites for hydroxylation is 2. The highest BCUT2D eigenvalue weighted by Gasteiger charge is 2.08. The van der Waals surface area contributed by atoms with Gasteiger partial charge in [-0.2, -0.15) is 0 Å². The lowest BCUT2D eigenvalue weighted by Crippen LogP contribution is -2.08. The second-order valence-corrected chi connectivity index (χ2v) is 7.49. The topological polar surface area (TPSA) is 110 Å². The van der Waals surface area contributed by atoms with Crippen LogP contribution in [0, 0.1) is 0 Å². The third-order valence-electron chi connectivity index (χ3n) is 3.35. The Labute approximate surface area is 154 Å². The first-order valence-corrected chi connectivity index (χ1v) is 9.98. The molecule has 2 aromatic heterocycles. The van der Waals surface area contributed by atoms with Crippen LogP contribution in [-0.2, 0) is 22.4 Å². The fourth-order valence-electron chi connectivity index (χ4n) is 1.95. The molecule has 0 unspecified atom stereocenters. The lowest BCUT2D eigenvalue weighted by molar-refractivity contribution is -0.116. The average Bonchev–Trinajstić information content (AvgIpc) is 3.24. The summed E-state index contributed by atoms with van der Waals surface area (Å²) in [5, 5.41) is 24.6. The zero-order chi connectivity index (χ0) is 18.1. The van der Waals surface area contributed by atoms with E-state index in [4.69, 9.17) is 0 Å². The monoisotopic (exact) mass is 382 g/mol. The molecule has 0 aliphatic heterocycles. The van der Waals surface area contributed by atoms with Crippen molar-refractivity contribution < 1.29 is 9.59 Å². The van der Waals surface area contributed by atoms with Gasteiger partial charge in [-0.1, -0.05) is 42.9 Å². The molecule has 136 valence electrons. The summed E-state index contributed by atoms with van der Waals surface area (Å²) in [4.78, 5) is 22.6. The first-order valence-electron chi connectivity index (χ1n) is 8.35. The highest BCUT2D eigenvalue weighted by molar-refractivity contribution is 7.15. The number of rotatable bonds is 10. The van der Waals surface area contributed by atoms with Gasteiger partial charge in [0.1, 0.15) is 10.0 Å². The third kappa shape index (κ3) is 6.83. The minimum atomic E-state index is -0.0470. The van der Waals surface area contributed by atoms with Crippen LogP contribution in [0.3, 0.4) is 0 Å². The van der Waals surface area contributed by atoms with Gasteiger partial charge in [-0.3, -0.25) is 9.59 Å². The van der Waals surface area contributed by atoms with Crippen molar-refractivity contribution in [3.05, 3.63) is 10.0 Å². The van der Waals surface area contributed by atoms with Gasteiger partial charge >= 0.3 is 0 Å². The molecule has 2 N–H and O–H groups in total. The summed E-state index contributed by atoms with van der Waals surface area (Å²) in [6.45, 7) is 3.60. The molecular weight excluding hydrogens is 360 g/mol. The number of unbranched alkanes of at least 4 members (excludes halogenated alkanes) is 2. The maximum absolute atomic E-state index is 11.3. The first kappa shape index (κ1) is 19.4. The first-order chi connectivity index (χ1) is 12.1. The van der Waals surface area contributed by atoms with E-state index in [1.807, 2.05) is 0 Å². The molecule has 0 fully saturated rings. The molecule has 2 heterocycles. The summed E-state index contributed by atoms with van der Waals surface area (Å²) in [6.07, 6.45) is 5.64. The van der Waals surface area contributed by atoms with E-state index in [1.54, 1.807) is 13.8 Å². The summed E-state index contributed by atoms with van der Waals surface area (Å²) >= 11 is 2.85. The Morgan fingerprint density at radius 3 is 1.60 bits per heavy atom. The van der Waals surface area contributed by atoms with Gasteiger partial charge in [-0.25, -0.2) is 0 Å². The minimum absolute atomic E-state index is 0.0470. The van der Waals surface area contributed by atoms with Gasteiger partial charge in [0.2, 0.25) is 22.1 Å². The standard InChI is InChI=1S/C15H22N6O2S2/c1-3-10(22)16-14-20-18-12(24-14)8-6-5-7-9-13-19-21-15(25-13)17-11(23)4-2/h3-9H2,1-2H3,(H,16,20,22)(H,17,21,23). The Kier molecular flexibility index (Phi) is 7.86. The quantitative estimate of drug-likeness (QED) is 0.611. The molecule has 0 bridgehead atoms. The number of carbonyl (C=O) groups is 2. The lowest BCUT2D eigenvalue weighted by Gasteiger charge is -1.97. The van der Waals surface area contributed by atoms with E-state index >= 15 is 0 Å². The number of nitrogens with one attached hydrogen (secondary N) is 2. The number of carbonyl (C=O) groups excluding carboxylic acids is 2. The van der Waals surface area contributed by atoms with Crippen LogP contribution < -0.4 is 10.6 Å². The van der Waals surface area contributed by atoms with Gasteiger partial charge in [-0.05, 0) is 12.8 Å². The van der Waals surface area contributed by atoms with Crippen LogP contribution in [0.4, 0.5) is 10.3 Å². The summed E-state index contributed by atoms with van der Waals surface area (Å²) in [5.74, 6) is -0.0940. The van der Waals surface area contributed by atoms with Crippen molar-refractivity contribution in [2.75, 3.05) is 10.6 Å². The molecule has 2 amide bonds. The van der Waals surface area contributed by atoms with Crippen LogP contribution >= 0.6 is 22.7 Å². The molecule has 0 saturated carbocycles. The van der Waals surface area contributed by atoms with Gasteiger partial charge in [0.15, 0.2) is 0 Å². The van der Waals surface area contributed by atoms with Crippen molar-refractivity contribution in [3.63, 3.8) is 0 Å². The smallest absolute Gasteiger partial charge is 0.225 e. The Bertz CT molecular complexity index is 642.